The van der Waals surface area contributed by atoms with Crippen LogP contribution >= 0.6 is 0 Å². The van der Waals surface area contributed by atoms with Crippen LogP contribution in [-0.4, -0.2) is 24.4 Å². The quantitative estimate of drug-likeness (QED) is 0.828. The predicted molar refractivity (Wildman–Crippen MR) is 96.6 cm³/mol. The van der Waals surface area contributed by atoms with Crippen molar-refractivity contribution in [2.45, 2.75) is 32.7 Å². The Kier molecular flexibility index (Phi) is 6.36. The van der Waals surface area contributed by atoms with E-state index in [2.05, 4.69) is 43.4 Å². The molecule has 23 heavy (non-hydrogen) atoms. The maximum atomic E-state index is 12.1. The molecule has 0 fully saturated rings. The van der Waals surface area contributed by atoms with Crippen molar-refractivity contribution in [1.82, 2.24) is 4.90 Å². The standard InChI is InChI=1S/C20H26N2O/c1-4-16(2)18-10-12-19(13-11-18)21-20(23)15-22(3)14-17-8-6-5-7-9-17/h5-13,16H,4,14-15H2,1-3H3,(H,21,23)/t16-/m0/s1. The van der Waals surface area contributed by atoms with Crippen molar-refractivity contribution in [2.75, 3.05) is 18.9 Å². The van der Waals surface area contributed by atoms with E-state index < -0.39 is 0 Å². The smallest absolute Gasteiger partial charge is 0.238 e. The highest BCUT2D eigenvalue weighted by molar-refractivity contribution is 5.92. The highest BCUT2D eigenvalue weighted by Gasteiger charge is 2.08. The van der Waals surface area contributed by atoms with E-state index in [-0.39, 0.29) is 5.91 Å². The molecule has 0 bridgehead atoms. The second-order valence-electron chi connectivity index (χ2n) is 6.14. The van der Waals surface area contributed by atoms with Gasteiger partial charge in [0.05, 0.1) is 6.54 Å². The Labute approximate surface area is 139 Å². The van der Waals surface area contributed by atoms with Gasteiger partial charge in [-0.25, -0.2) is 0 Å². The van der Waals surface area contributed by atoms with Crippen LogP contribution < -0.4 is 5.32 Å². The van der Waals surface area contributed by atoms with Gasteiger partial charge in [0.25, 0.3) is 0 Å². The third-order valence-corrected chi connectivity index (χ3v) is 4.08. The molecule has 3 heteroatoms. The van der Waals surface area contributed by atoms with Crippen LogP contribution in [0.4, 0.5) is 5.69 Å². The maximum Gasteiger partial charge on any atom is 0.238 e. The van der Waals surface area contributed by atoms with Crippen LogP contribution in [0.1, 0.15) is 37.3 Å². The zero-order valence-electron chi connectivity index (χ0n) is 14.3. The first-order chi connectivity index (χ1) is 11.1. The second kappa shape index (κ2) is 8.49. The summed E-state index contributed by atoms with van der Waals surface area (Å²) >= 11 is 0. The molecule has 2 aromatic rings. The van der Waals surface area contributed by atoms with Crippen LogP contribution in [0, 0.1) is 0 Å². The summed E-state index contributed by atoms with van der Waals surface area (Å²) in [5, 5.41) is 2.96. The lowest BCUT2D eigenvalue weighted by atomic mass is 9.99. The van der Waals surface area contributed by atoms with Gasteiger partial charge in [0.1, 0.15) is 0 Å². The zero-order valence-corrected chi connectivity index (χ0v) is 14.3. The van der Waals surface area contributed by atoms with E-state index in [4.69, 9.17) is 0 Å². The minimum absolute atomic E-state index is 0.0136. The zero-order chi connectivity index (χ0) is 16.7. The summed E-state index contributed by atoms with van der Waals surface area (Å²) < 4.78 is 0. The maximum absolute atomic E-state index is 12.1. The summed E-state index contributed by atoms with van der Waals surface area (Å²) in [6.45, 7) is 5.54. The van der Waals surface area contributed by atoms with E-state index >= 15 is 0 Å². The van der Waals surface area contributed by atoms with Crippen LogP contribution in [0.5, 0.6) is 0 Å². The lowest BCUT2D eigenvalue weighted by Crippen LogP contribution is -2.29. The Balaban J connectivity index is 1.84. The Morgan fingerprint density at radius 3 is 2.35 bits per heavy atom. The Morgan fingerprint density at radius 1 is 1.09 bits per heavy atom. The van der Waals surface area contributed by atoms with E-state index in [1.807, 2.05) is 42.3 Å². The number of nitrogens with one attached hydrogen (secondary N) is 1. The van der Waals surface area contributed by atoms with Crippen LogP contribution in [0.3, 0.4) is 0 Å². The number of hydrogen-bond donors (Lipinski definition) is 1. The first-order valence-electron chi connectivity index (χ1n) is 8.20. The van der Waals surface area contributed by atoms with Crippen molar-refractivity contribution in [3.8, 4) is 0 Å². The molecule has 0 spiro atoms. The molecule has 2 rings (SSSR count). The molecule has 0 aliphatic heterocycles. The molecule has 122 valence electrons. The molecule has 2 aromatic carbocycles. The van der Waals surface area contributed by atoms with Crippen LogP contribution in [-0.2, 0) is 11.3 Å². The minimum Gasteiger partial charge on any atom is -0.325 e. The van der Waals surface area contributed by atoms with E-state index in [9.17, 15) is 4.79 Å². The van der Waals surface area contributed by atoms with Crippen LogP contribution in [0.25, 0.3) is 0 Å². The number of hydrogen-bond acceptors (Lipinski definition) is 2. The second-order valence-corrected chi connectivity index (χ2v) is 6.14. The lowest BCUT2D eigenvalue weighted by molar-refractivity contribution is -0.117. The first-order valence-corrected chi connectivity index (χ1v) is 8.20. The van der Waals surface area contributed by atoms with Crippen molar-refractivity contribution in [1.29, 1.82) is 0 Å². The topological polar surface area (TPSA) is 32.3 Å². The molecule has 3 nitrogen and oxygen atoms in total. The molecule has 0 radical (unpaired) electrons. The molecule has 0 aromatic heterocycles. The molecular formula is C20H26N2O. The molecule has 1 N–H and O–H groups in total. The third-order valence-electron chi connectivity index (χ3n) is 4.08. The highest BCUT2D eigenvalue weighted by Crippen LogP contribution is 2.20. The number of amides is 1. The molecule has 1 atom stereocenters. The third kappa shape index (κ3) is 5.53. The van der Waals surface area contributed by atoms with Gasteiger partial charge in [0.15, 0.2) is 0 Å². The molecule has 1 amide bonds. The lowest BCUT2D eigenvalue weighted by Gasteiger charge is -2.16. The van der Waals surface area contributed by atoms with Gasteiger partial charge < -0.3 is 5.32 Å². The summed E-state index contributed by atoms with van der Waals surface area (Å²) in [5.74, 6) is 0.566. The van der Waals surface area contributed by atoms with Gasteiger partial charge in [-0.1, -0.05) is 56.3 Å². The fourth-order valence-electron chi connectivity index (χ4n) is 2.53. The average Bonchev–Trinajstić information content (AvgIpc) is 2.55. The van der Waals surface area contributed by atoms with Crippen molar-refractivity contribution in [3.05, 3.63) is 65.7 Å². The molecule has 0 saturated heterocycles. The number of benzene rings is 2. The van der Waals surface area contributed by atoms with Gasteiger partial charge in [0, 0.05) is 12.2 Å². The number of rotatable bonds is 7. The molecular weight excluding hydrogens is 284 g/mol. The summed E-state index contributed by atoms with van der Waals surface area (Å²) in [6.07, 6.45) is 1.12. The number of carbonyl (C=O) groups is 1. The van der Waals surface area contributed by atoms with Crippen molar-refractivity contribution < 1.29 is 4.79 Å². The summed E-state index contributed by atoms with van der Waals surface area (Å²) in [4.78, 5) is 14.1. The fourth-order valence-corrected chi connectivity index (χ4v) is 2.53. The largest absolute Gasteiger partial charge is 0.325 e. The number of carbonyl (C=O) groups excluding carboxylic acids is 1. The van der Waals surface area contributed by atoms with Crippen molar-refractivity contribution >= 4 is 11.6 Å². The summed E-state index contributed by atoms with van der Waals surface area (Å²) in [6, 6.07) is 18.3. The molecule has 0 heterocycles. The fraction of sp³-hybridized carbons (Fsp3) is 0.350. The van der Waals surface area contributed by atoms with E-state index in [0.29, 0.717) is 12.5 Å². The van der Waals surface area contributed by atoms with E-state index in [1.54, 1.807) is 0 Å². The number of likely N-dealkylation sites (N-methyl/N-ethyl adjacent to an activating group) is 1. The predicted octanol–water partition coefficient (Wildman–Crippen LogP) is 4.27. The Hall–Kier alpha value is -2.13. The van der Waals surface area contributed by atoms with Gasteiger partial charge in [0.2, 0.25) is 5.91 Å². The van der Waals surface area contributed by atoms with E-state index in [1.165, 1.54) is 11.1 Å². The Morgan fingerprint density at radius 2 is 1.74 bits per heavy atom. The van der Waals surface area contributed by atoms with Gasteiger partial charge in [-0.2, -0.15) is 0 Å². The van der Waals surface area contributed by atoms with Gasteiger partial charge in [-0.05, 0) is 42.6 Å². The van der Waals surface area contributed by atoms with Crippen molar-refractivity contribution in [2.24, 2.45) is 0 Å². The minimum atomic E-state index is 0.0136. The molecule has 0 unspecified atom stereocenters. The van der Waals surface area contributed by atoms with Crippen molar-refractivity contribution in [3.63, 3.8) is 0 Å². The average molecular weight is 310 g/mol. The van der Waals surface area contributed by atoms with Crippen LogP contribution in [0.15, 0.2) is 54.6 Å². The number of anilines is 1. The SMILES string of the molecule is CC[C@H](C)c1ccc(NC(=O)CN(C)Cc2ccccc2)cc1. The molecule has 0 aliphatic carbocycles. The monoisotopic (exact) mass is 310 g/mol. The van der Waals surface area contributed by atoms with Crippen LogP contribution in [0.2, 0.25) is 0 Å². The highest BCUT2D eigenvalue weighted by atomic mass is 16.2. The number of nitrogens with zero attached hydrogens (tertiary/aromatic N) is 1. The molecule has 0 saturated carbocycles. The first kappa shape index (κ1) is 17.2. The van der Waals surface area contributed by atoms with E-state index in [0.717, 1.165) is 18.7 Å². The summed E-state index contributed by atoms with van der Waals surface area (Å²) in [5.41, 5.74) is 3.38. The normalized spacial score (nSPS) is 12.2. The van der Waals surface area contributed by atoms with Gasteiger partial charge in [-0.3, -0.25) is 9.69 Å². The molecule has 0 aliphatic rings. The summed E-state index contributed by atoms with van der Waals surface area (Å²) in [7, 11) is 1.96. The van der Waals surface area contributed by atoms with Gasteiger partial charge in [-0.15, -0.1) is 0 Å². The Bertz CT molecular complexity index is 607. The van der Waals surface area contributed by atoms with Gasteiger partial charge >= 0.3 is 0 Å².